The maximum Gasteiger partial charge on any atom is 0.151 e. The Balaban J connectivity index is 1.83. The van der Waals surface area contributed by atoms with Gasteiger partial charge >= 0.3 is 0 Å². The number of hydrazine groups is 1. The molecule has 0 aromatic heterocycles. The van der Waals surface area contributed by atoms with Gasteiger partial charge in [-0.2, -0.15) is 0 Å². The molecular formula is C14H28N2S2. The Morgan fingerprint density at radius 1 is 1.06 bits per heavy atom. The Bertz CT molecular complexity index is 234. The van der Waals surface area contributed by atoms with Crippen molar-refractivity contribution in [3.05, 3.63) is 0 Å². The van der Waals surface area contributed by atoms with Gasteiger partial charge in [-0.3, -0.25) is 5.01 Å². The van der Waals surface area contributed by atoms with Crippen LogP contribution in [0.3, 0.4) is 0 Å². The van der Waals surface area contributed by atoms with Crippen molar-refractivity contribution in [2.24, 2.45) is 0 Å². The maximum absolute atomic E-state index is 5.22. The van der Waals surface area contributed by atoms with E-state index in [2.05, 4.69) is 12.3 Å². The molecule has 1 atom stereocenters. The van der Waals surface area contributed by atoms with Gasteiger partial charge in [-0.15, -0.1) is 0 Å². The molecule has 0 aromatic carbocycles. The molecular weight excluding hydrogens is 260 g/mol. The highest BCUT2D eigenvalue weighted by Gasteiger charge is 2.22. The SMILES string of the molecule is CCCCCCCCCCCC1NN(C)C(=S)S1. The van der Waals surface area contributed by atoms with Gasteiger partial charge < -0.3 is 0 Å². The molecule has 1 aliphatic heterocycles. The zero-order valence-electron chi connectivity index (χ0n) is 11.9. The second-order valence-electron chi connectivity index (χ2n) is 5.18. The number of thiocarbonyl (C=S) groups is 1. The lowest BCUT2D eigenvalue weighted by Crippen LogP contribution is -2.33. The molecule has 1 unspecified atom stereocenters. The first-order valence-electron chi connectivity index (χ1n) is 7.44. The van der Waals surface area contributed by atoms with E-state index in [1.807, 2.05) is 12.1 Å². The number of thioether (sulfide) groups is 1. The summed E-state index contributed by atoms with van der Waals surface area (Å²) >= 11 is 7.01. The first-order valence-corrected chi connectivity index (χ1v) is 8.73. The minimum absolute atomic E-state index is 0.520. The number of rotatable bonds is 10. The number of nitrogens with zero attached hydrogens (tertiary/aromatic N) is 1. The summed E-state index contributed by atoms with van der Waals surface area (Å²) in [5.74, 6) is 0. The number of unbranched alkanes of at least 4 members (excludes halogenated alkanes) is 8. The predicted octanol–water partition coefficient (Wildman–Crippen LogP) is 4.70. The van der Waals surface area contributed by atoms with E-state index in [0.717, 1.165) is 4.32 Å². The van der Waals surface area contributed by atoms with Crippen molar-refractivity contribution in [3.63, 3.8) is 0 Å². The fourth-order valence-corrected chi connectivity index (χ4v) is 3.61. The summed E-state index contributed by atoms with van der Waals surface area (Å²) in [4.78, 5) is 0. The first-order chi connectivity index (χ1) is 8.74. The highest BCUT2D eigenvalue weighted by atomic mass is 32.2. The highest BCUT2D eigenvalue weighted by Crippen LogP contribution is 2.24. The topological polar surface area (TPSA) is 15.3 Å². The van der Waals surface area contributed by atoms with Gasteiger partial charge in [0.05, 0.1) is 5.37 Å². The molecule has 1 fully saturated rings. The third kappa shape index (κ3) is 6.95. The molecule has 106 valence electrons. The highest BCUT2D eigenvalue weighted by molar-refractivity contribution is 8.23. The van der Waals surface area contributed by atoms with Gasteiger partial charge in [-0.05, 0) is 6.42 Å². The molecule has 0 spiro atoms. The molecule has 1 rings (SSSR count). The molecule has 1 N–H and O–H groups in total. The van der Waals surface area contributed by atoms with Gasteiger partial charge in [0.25, 0.3) is 0 Å². The summed E-state index contributed by atoms with van der Waals surface area (Å²) in [6.07, 6.45) is 13.8. The van der Waals surface area contributed by atoms with Crippen LogP contribution in [0.4, 0.5) is 0 Å². The van der Waals surface area contributed by atoms with Crippen molar-refractivity contribution in [1.29, 1.82) is 0 Å². The zero-order chi connectivity index (χ0) is 13.2. The van der Waals surface area contributed by atoms with Crippen molar-refractivity contribution < 1.29 is 0 Å². The molecule has 1 heterocycles. The third-order valence-corrected chi connectivity index (χ3v) is 5.09. The van der Waals surface area contributed by atoms with Gasteiger partial charge in [0, 0.05) is 7.05 Å². The summed E-state index contributed by atoms with van der Waals surface area (Å²) < 4.78 is 0.982. The molecule has 0 aliphatic carbocycles. The number of hydrogen-bond acceptors (Lipinski definition) is 3. The Morgan fingerprint density at radius 3 is 2.11 bits per heavy atom. The molecule has 2 nitrogen and oxygen atoms in total. The summed E-state index contributed by atoms with van der Waals surface area (Å²) in [6, 6.07) is 0. The minimum atomic E-state index is 0.520. The van der Waals surface area contributed by atoms with E-state index >= 15 is 0 Å². The van der Waals surface area contributed by atoms with E-state index in [-0.39, 0.29) is 0 Å². The van der Waals surface area contributed by atoms with Crippen LogP contribution in [0.25, 0.3) is 0 Å². The molecule has 1 aliphatic rings. The quantitative estimate of drug-likeness (QED) is 0.463. The number of hydrogen-bond donors (Lipinski definition) is 1. The van der Waals surface area contributed by atoms with E-state index in [1.54, 1.807) is 11.8 Å². The Kier molecular flexibility index (Phi) is 9.07. The average molecular weight is 289 g/mol. The van der Waals surface area contributed by atoms with E-state index in [9.17, 15) is 0 Å². The molecule has 0 aromatic rings. The third-order valence-electron chi connectivity index (χ3n) is 3.42. The molecule has 0 amide bonds. The summed E-state index contributed by atoms with van der Waals surface area (Å²) in [7, 11) is 2.01. The van der Waals surface area contributed by atoms with Crippen LogP contribution in [0.15, 0.2) is 0 Å². The largest absolute Gasteiger partial charge is 0.295 e. The Morgan fingerprint density at radius 2 is 1.61 bits per heavy atom. The van der Waals surface area contributed by atoms with Crippen molar-refractivity contribution in [1.82, 2.24) is 10.4 Å². The minimum Gasteiger partial charge on any atom is -0.295 e. The van der Waals surface area contributed by atoms with Gasteiger partial charge in [0.2, 0.25) is 0 Å². The van der Waals surface area contributed by atoms with Gasteiger partial charge in [-0.1, -0.05) is 88.7 Å². The lowest BCUT2D eigenvalue weighted by atomic mass is 10.1. The molecule has 18 heavy (non-hydrogen) atoms. The first kappa shape index (κ1) is 16.3. The summed E-state index contributed by atoms with van der Waals surface area (Å²) in [5, 5.41) is 2.49. The van der Waals surface area contributed by atoms with Crippen LogP contribution in [0, 0.1) is 0 Å². The second-order valence-corrected chi connectivity index (χ2v) is 7.01. The van der Waals surface area contributed by atoms with Crippen molar-refractivity contribution in [2.75, 3.05) is 7.05 Å². The van der Waals surface area contributed by atoms with Gasteiger partial charge in [-0.25, -0.2) is 5.43 Å². The monoisotopic (exact) mass is 288 g/mol. The zero-order valence-corrected chi connectivity index (χ0v) is 13.5. The Labute approximate surface area is 122 Å². The van der Waals surface area contributed by atoms with Crippen LogP contribution in [0.2, 0.25) is 0 Å². The molecule has 0 saturated carbocycles. The Hall–Kier alpha value is 0.200. The lowest BCUT2D eigenvalue weighted by Gasteiger charge is -2.11. The molecule has 0 radical (unpaired) electrons. The standard InChI is InChI=1S/C14H28N2S2/c1-3-4-5-6-7-8-9-10-11-12-13-15-16(2)14(17)18-13/h13,15H,3-12H2,1-2H3. The normalized spacial score (nSPS) is 19.8. The van der Waals surface area contributed by atoms with Crippen LogP contribution in [0.1, 0.15) is 71.1 Å². The number of nitrogens with one attached hydrogen (secondary N) is 1. The van der Waals surface area contributed by atoms with Crippen LogP contribution < -0.4 is 5.43 Å². The maximum atomic E-state index is 5.22. The lowest BCUT2D eigenvalue weighted by molar-refractivity contribution is 0.365. The average Bonchev–Trinajstić information content (AvgIpc) is 2.67. The fourth-order valence-electron chi connectivity index (χ4n) is 2.26. The van der Waals surface area contributed by atoms with E-state index < -0.39 is 0 Å². The summed E-state index contributed by atoms with van der Waals surface area (Å²) in [5.41, 5.74) is 3.38. The van der Waals surface area contributed by atoms with Crippen LogP contribution in [0.5, 0.6) is 0 Å². The second kappa shape index (κ2) is 10.0. The van der Waals surface area contributed by atoms with Gasteiger partial charge in [0.15, 0.2) is 4.32 Å². The molecule has 0 bridgehead atoms. The fraction of sp³-hybridized carbons (Fsp3) is 0.929. The van der Waals surface area contributed by atoms with Crippen LogP contribution in [-0.4, -0.2) is 21.8 Å². The predicted molar refractivity (Wildman–Crippen MR) is 86.7 cm³/mol. The van der Waals surface area contributed by atoms with E-state index in [0.29, 0.717) is 5.37 Å². The smallest absolute Gasteiger partial charge is 0.151 e. The van der Waals surface area contributed by atoms with Crippen LogP contribution in [-0.2, 0) is 0 Å². The van der Waals surface area contributed by atoms with Crippen molar-refractivity contribution in [2.45, 2.75) is 76.5 Å². The summed E-state index contributed by atoms with van der Waals surface area (Å²) in [6.45, 7) is 2.28. The van der Waals surface area contributed by atoms with Crippen LogP contribution >= 0.6 is 24.0 Å². The molecule has 1 saturated heterocycles. The molecule has 4 heteroatoms. The van der Waals surface area contributed by atoms with Crippen molar-refractivity contribution in [3.8, 4) is 0 Å². The van der Waals surface area contributed by atoms with E-state index in [1.165, 1.54) is 64.2 Å². The van der Waals surface area contributed by atoms with E-state index in [4.69, 9.17) is 12.2 Å². The van der Waals surface area contributed by atoms with Crippen molar-refractivity contribution >= 4 is 28.3 Å². The van der Waals surface area contributed by atoms with Gasteiger partial charge in [0.1, 0.15) is 0 Å².